The highest BCUT2D eigenvalue weighted by Crippen LogP contribution is 2.43. The van der Waals surface area contributed by atoms with Gasteiger partial charge in [0.2, 0.25) is 0 Å². The minimum Gasteiger partial charge on any atom is -0.373 e. The monoisotopic (exact) mass is 292 g/mol. The molecule has 0 atom stereocenters. The molecule has 0 radical (unpaired) electrons. The van der Waals surface area contributed by atoms with Crippen molar-refractivity contribution in [3.63, 3.8) is 0 Å². The van der Waals surface area contributed by atoms with Crippen molar-refractivity contribution >= 4 is 17.4 Å². The van der Waals surface area contributed by atoms with Crippen LogP contribution in [0.4, 0.5) is 11.5 Å². The topological polar surface area (TPSA) is 97.2 Å². The first-order valence-electron chi connectivity index (χ1n) is 7.12. The van der Waals surface area contributed by atoms with E-state index in [-0.39, 0.29) is 16.7 Å². The summed E-state index contributed by atoms with van der Waals surface area (Å²) >= 11 is 0. The SMILES string of the molecule is CCC1(CNC(=O)c2cc(NC)ncc2[N+](=O)[O-])CCC1. The Labute approximate surface area is 123 Å². The van der Waals surface area contributed by atoms with Crippen molar-refractivity contribution in [1.82, 2.24) is 10.3 Å². The number of pyridine rings is 1. The Morgan fingerprint density at radius 3 is 2.71 bits per heavy atom. The second kappa shape index (κ2) is 6.07. The Balaban J connectivity index is 2.15. The van der Waals surface area contributed by atoms with E-state index in [4.69, 9.17) is 0 Å². The largest absolute Gasteiger partial charge is 0.373 e. The van der Waals surface area contributed by atoms with Crippen molar-refractivity contribution in [3.8, 4) is 0 Å². The lowest BCUT2D eigenvalue weighted by atomic mass is 9.67. The van der Waals surface area contributed by atoms with Crippen LogP contribution in [0.15, 0.2) is 12.3 Å². The smallest absolute Gasteiger partial charge is 0.300 e. The number of carbonyl (C=O) groups excluding carboxylic acids is 1. The highest BCUT2D eigenvalue weighted by atomic mass is 16.6. The number of rotatable bonds is 6. The Morgan fingerprint density at radius 1 is 1.52 bits per heavy atom. The molecule has 0 unspecified atom stereocenters. The minimum absolute atomic E-state index is 0.0462. The van der Waals surface area contributed by atoms with E-state index < -0.39 is 10.8 Å². The second-order valence-corrected chi connectivity index (χ2v) is 5.48. The summed E-state index contributed by atoms with van der Waals surface area (Å²) in [5.41, 5.74) is -0.0564. The lowest BCUT2D eigenvalue weighted by Crippen LogP contribution is -2.41. The number of hydrogen-bond acceptors (Lipinski definition) is 5. The molecule has 1 aliphatic rings. The van der Waals surface area contributed by atoms with E-state index in [0.29, 0.717) is 12.4 Å². The van der Waals surface area contributed by atoms with Gasteiger partial charge in [-0.2, -0.15) is 0 Å². The van der Waals surface area contributed by atoms with Gasteiger partial charge in [0.25, 0.3) is 11.6 Å². The van der Waals surface area contributed by atoms with E-state index in [0.717, 1.165) is 25.5 Å². The van der Waals surface area contributed by atoms with Crippen molar-refractivity contribution in [2.24, 2.45) is 5.41 Å². The van der Waals surface area contributed by atoms with Crippen molar-refractivity contribution in [2.45, 2.75) is 32.6 Å². The summed E-state index contributed by atoms with van der Waals surface area (Å²) in [4.78, 5) is 26.6. The molecule has 1 aromatic heterocycles. The molecule has 7 nitrogen and oxygen atoms in total. The van der Waals surface area contributed by atoms with Gasteiger partial charge in [0.15, 0.2) is 0 Å². The first kappa shape index (κ1) is 15.2. The number of aromatic nitrogens is 1. The molecule has 0 aromatic carbocycles. The first-order valence-corrected chi connectivity index (χ1v) is 7.12. The summed E-state index contributed by atoms with van der Waals surface area (Å²) in [6, 6.07) is 1.41. The lowest BCUT2D eigenvalue weighted by molar-refractivity contribution is -0.385. The summed E-state index contributed by atoms with van der Waals surface area (Å²) < 4.78 is 0. The molecule has 1 amide bonds. The number of hydrogen-bond donors (Lipinski definition) is 2. The zero-order valence-corrected chi connectivity index (χ0v) is 12.3. The summed E-state index contributed by atoms with van der Waals surface area (Å²) in [5, 5.41) is 16.6. The van der Waals surface area contributed by atoms with Gasteiger partial charge in [-0.3, -0.25) is 14.9 Å². The number of nitro groups is 1. The molecular formula is C14H20N4O3. The van der Waals surface area contributed by atoms with Crippen LogP contribution in [-0.2, 0) is 0 Å². The fourth-order valence-corrected chi connectivity index (χ4v) is 2.61. The third-order valence-electron chi connectivity index (χ3n) is 4.37. The summed E-state index contributed by atoms with van der Waals surface area (Å²) in [6.07, 6.45) is 5.50. The molecule has 1 saturated carbocycles. The average Bonchev–Trinajstić information content (AvgIpc) is 2.45. The molecule has 1 fully saturated rings. The first-order chi connectivity index (χ1) is 10.0. The van der Waals surface area contributed by atoms with E-state index in [1.54, 1.807) is 7.05 Å². The summed E-state index contributed by atoms with van der Waals surface area (Å²) in [5.74, 6) is 0.0138. The molecule has 7 heteroatoms. The van der Waals surface area contributed by atoms with E-state index >= 15 is 0 Å². The van der Waals surface area contributed by atoms with Gasteiger partial charge in [0.05, 0.1) is 4.92 Å². The molecule has 0 aliphatic heterocycles. The zero-order chi connectivity index (χ0) is 15.5. The Bertz CT molecular complexity index is 550. The maximum Gasteiger partial charge on any atom is 0.300 e. The van der Waals surface area contributed by atoms with Gasteiger partial charge >= 0.3 is 0 Å². The molecule has 2 N–H and O–H groups in total. The fraction of sp³-hybridized carbons (Fsp3) is 0.571. The fourth-order valence-electron chi connectivity index (χ4n) is 2.61. The molecule has 0 bridgehead atoms. The van der Waals surface area contributed by atoms with Gasteiger partial charge < -0.3 is 10.6 Å². The Kier molecular flexibility index (Phi) is 4.40. The van der Waals surface area contributed by atoms with Gasteiger partial charge in [-0.25, -0.2) is 4.98 Å². The number of carbonyl (C=O) groups is 1. The van der Waals surface area contributed by atoms with Crippen molar-refractivity contribution < 1.29 is 9.72 Å². The molecule has 1 heterocycles. The van der Waals surface area contributed by atoms with Gasteiger partial charge in [-0.1, -0.05) is 13.3 Å². The van der Waals surface area contributed by atoms with Crippen LogP contribution in [-0.4, -0.2) is 29.4 Å². The zero-order valence-electron chi connectivity index (χ0n) is 12.3. The molecule has 0 spiro atoms. The molecule has 1 aliphatic carbocycles. The van der Waals surface area contributed by atoms with Crippen molar-refractivity contribution in [2.75, 3.05) is 18.9 Å². The number of nitrogens with zero attached hydrogens (tertiary/aromatic N) is 2. The van der Waals surface area contributed by atoms with Crippen LogP contribution in [0.2, 0.25) is 0 Å². The molecule has 2 rings (SSSR count). The van der Waals surface area contributed by atoms with Crippen LogP contribution in [0.1, 0.15) is 43.0 Å². The maximum atomic E-state index is 12.3. The average molecular weight is 292 g/mol. The molecule has 114 valence electrons. The lowest BCUT2D eigenvalue weighted by Gasteiger charge is -2.41. The molecule has 0 saturated heterocycles. The van der Waals surface area contributed by atoms with Crippen LogP contribution < -0.4 is 10.6 Å². The normalized spacial score (nSPS) is 15.9. The number of anilines is 1. The quantitative estimate of drug-likeness (QED) is 0.619. The van der Waals surface area contributed by atoms with Crippen LogP contribution >= 0.6 is 0 Å². The number of nitrogens with one attached hydrogen (secondary N) is 2. The Morgan fingerprint density at radius 2 is 2.24 bits per heavy atom. The molecule has 21 heavy (non-hydrogen) atoms. The minimum atomic E-state index is -0.583. The summed E-state index contributed by atoms with van der Waals surface area (Å²) in [7, 11) is 1.65. The number of amides is 1. The third-order valence-corrected chi connectivity index (χ3v) is 4.37. The van der Waals surface area contributed by atoms with Crippen LogP contribution in [0.5, 0.6) is 0 Å². The standard InChI is InChI=1S/C14H20N4O3/c1-3-14(5-4-6-14)9-17-13(19)10-7-12(15-2)16-8-11(10)18(20)21/h7-8H,3-6,9H2,1-2H3,(H,15,16)(H,17,19). The molecule has 1 aromatic rings. The Hall–Kier alpha value is -2.18. The molecular weight excluding hydrogens is 272 g/mol. The van der Waals surface area contributed by atoms with Gasteiger partial charge in [-0.15, -0.1) is 0 Å². The van der Waals surface area contributed by atoms with Gasteiger partial charge in [-0.05, 0) is 24.7 Å². The van der Waals surface area contributed by atoms with E-state index in [9.17, 15) is 14.9 Å². The summed E-state index contributed by atoms with van der Waals surface area (Å²) in [6.45, 7) is 2.68. The highest BCUT2D eigenvalue weighted by Gasteiger charge is 2.35. The maximum absolute atomic E-state index is 12.3. The van der Waals surface area contributed by atoms with E-state index in [1.807, 2.05) is 0 Å². The van der Waals surface area contributed by atoms with Crippen LogP contribution in [0.3, 0.4) is 0 Å². The van der Waals surface area contributed by atoms with E-state index in [2.05, 4.69) is 22.5 Å². The predicted octanol–water partition coefficient (Wildman–Crippen LogP) is 2.34. The highest BCUT2D eigenvalue weighted by molar-refractivity contribution is 5.98. The van der Waals surface area contributed by atoms with Crippen LogP contribution in [0, 0.1) is 15.5 Å². The van der Waals surface area contributed by atoms with Gasteiger partial charge in [0.1, 0.15) is 17.6 Å². The third kappa shape index (κ3) is 3.12. The second-order valence-electron chi connectivity index (χ2n) is 5.48. The van der Waals surface area contributed by atoms with Crippen molar-refractivity contribution in [1.29, 1.82) is 0 Å². The van der Waals surface area contributed by atoms with Gasteiger partial charge in [0, 0.05) is 19.7 Å². The predicted molar refractivity (Wildman–Crippen MR) is 79.3 cm³/mol. The van der Waals surface area contributed by atoms with Crippen LogP contribution in [0.25, 0.3) is 0 Å². The van der Waals surface area contributed by atoms with E-state index in [1.165, 1.54) is 12.5 Å². The van der Waals surface area contributed by atoms with Crippen molar-refractivity contribution in [3.05, 3.63) is 27.9 Å².